The lowest BCUT2D eigenvalue weighted by Gasteiger charge is -2.26. The number of nitrogens with one attached hydrogen (secondary N) is 1. The summed E-state index contributed by atoms with van der Waals surface area (Å²) in [7, 11) is 0. The van der Waals surface area contributed by atoms with Gasteiger partial charge in [-0.05, 0) is 79.9 Å². The van der Waals surface area contributed by atoms with Gasteiger partial charge < -0.3 is 9.52 Å². The van der Waals surface area contributed by atoms with Crippen LogP contribution in [0.1, 0.15) is 32.8 Å². The molecule has 1 aliphatic rings. The maximum Gasteiger partial charge on any atom is 0.335 e. The van der Waals surface area contributed by atoms with Crippen LogP contribution in [-0.2, 0) is 9.59 Å². The number of furan rings is 1. The summed E-state index contributed by atoms with van der Waals surface area (Å²) in [6.07, 6.45) is 1.28. The van der Waals surface area contributed by atoms with E-state index in [0.717, 1.165) is 16.0 Å². The third kappa shape index (κ3) is 4.18. The summed E-state index contributed by atoms with van der Waals surface area (Å²) >= 11 is 0. The first-order chi connectivity index (χ1) is 15.6. The molecule has 1 aromatic heterocycles. The minimum absolute atomic E-state index is 0.158. The summed E-state index contributed by atoms with van der Waals surface area (Å²) in [4.78, 5) is 50.0. The van der Waals surface area contributed by atoms with E-state index in [2.05, 4.69) is 5.32 Å². The molecule has 33 heavy (non-hydrogen) atoms. The molecule has 3 aromatic rings. The van der Waals surface area contributed by atoms with E-state index in [-0.39, 0.29) is 16.9 Å². The number of carbonyl (C=O) groups excluding carboxylic acids is 3. The van der Waals surface area contributed by atoms with E-state index in [4.69, 9.17) is 9.52 Å². The molecule has 0 spiro atoms. The molecule has 0 saturated carbocycles. The SMILES string of the molecule is Cc1cc(C)cc(N2C(=O)NC(=O)/C(=C\c3ccc(-c4ccc(C(=O)O)cc4C)o3)C2=O)c1. The van der Waals surface area contributed by atoms with E-state index in [1.165, 1.54) is 18.2 Å². The van der Waals surface area contributed by atoms with E-state index in [0.29, 0.717) is 22.6 Å². The van der Waals surface area contributed by atoms with Crippen molar-refractivity contribution in [2.75, 3.05) is 4.90 Å². The number of barbiturate groups is 1. The number of hydrogen-bond acceptors (Lipinski definition) is 5. The highest BCUT2D eigenvalue weighted by molar-refractivity contribution is 6.39. The Bertz CT molecular complexity index is 1340. The summed E-state index contributed by atoms with van der Waals surface area (Å²) in [5, 5.41) is 11.3. The molecule has 4 rings (SSSR count). The van der Waals surface area contributed by atoms with Gasteiger partial charge >= 0.3 is 12.0 Å². The van der Waals surface area contributed by atoms with Gasteiger partial charge in [-0.15, -0.1) is 0 Å². The van der Waals surface area contributed by atoms with E-state index in [1.54, 1.807) is 37.3 Å². The first-order valence-corrected chi connectivity index (χ1v) is 10.1. The molecule has 0 bridgehead atoms. The van der Waals surface area contributed by atoms with Gasteiger partial charge in [0.25, 0.3) is 11.8 Å². The average molecular weight is 444 g/mol. The number of carbonyl (C=O) groups is 4. The predicted octanol–water partition coefficient (Wildman–Crippen LogP) is 4.24. The Labute approximate surface area is 189 Å². The molecule has 166 valence electrons. The van der Waals surface area contributed by atoms with Crippen LogP contribution in [0.2, 0.25) is 0 Å². The van der Waals surface area contributed by atoms with Crippen LogP contribution in [0, 0.1) is 20.8 Å². The van der Waals surface area contributed by atoms with Crippen LogP contribution in [0.3, 0.4) is 0 Å². The maximum absolute atomic E-state index is 13.1. The van der Waals surface area contributed by atoms with Gasteiger partial charge in [-0.2, -0.15) is 0 Å². The standard InChI is InChI=1S/C25H20N2O6/c1-13-8-14(2)10-17(9-13)27-23(29)20(22(28)26-25(27)32)12-18-5-7-21(33-18)19-6-4-16(24(30)31)11-15(19)3/h4-12H,1-3H3,(H,30,31)(H,26,28,32)/b20-12+. The molecule has 8 nitrogen and oxygen atoms in total. The number of aryl methyl sites for hydroxylation is 3. The van der Waals surface area contributed by atoms with Gasteiger partial charge in [0.2, 0.25) is 0 Å². The second-order valence-corrected chi connectivity index (χ2v) is 7.84. The lowest BCUT2D eigenvalue weighted by Crippen LogP contribution is -2.54. The summed E-state index contributed by atoms with van der Waals surface area (Å²) in [6, 6.07) is 12.3. The monoisotopic (exact) mass is 444 g/mol. The Kier molecular flexibility index (Phi) is 5.43. The number of benzene rings is 2. The number of imide groups is 2. The Morgan fingerprint density at radius 1 is 0.970 bits per heavy atom. The van der Waals surface area contributed by atoms with Crippen molar-refractivity contribution in [1.82, 2.24) is 5.32 Å². The van der Waals surface area contributed by atoms with Crippen molar-refractivity contribution >= 4 is 35.6 Å². The van der Waals surface area contributed by atoms with Crippen LogP contribution in [0.25, 0.3) is 17.4 Å². The molecule has 1 fully saturated rings. The minimum atomic E-state index is -1.03. The lowest BCUT2D eigenvalue weighted by atomic mass is 10.0. The van der Waals surface area contributed by atoms with Crippen molar-refractivity contribution < 1.29 is 28.7 Å². The normalized spacial score (nSPS) is 15.2. The fourth-order valence-corrected chi connectivity index (χ4v) is 3.76. The fraction of sp³-hybridized carbons (Fsp3) is 0.120. The van der Waals surface area contributed by atoms with E-state index in [1.807, 2.05) is 19.9 Å². The number of carboxylic acids is 1. The highest BCUT2D eigenvalue weighted by atomic mass is 16.4. The van der Waals surface area contributed by atoms with Crippen LogP contribution < -0.4 is 10.2 Å². The fourth-order valence-electron chi connectivity index (χ4n) is 3.76. The molecule has 0 radical (unpaired) electrons. The van der Waals surface area contributed by atoms with Gasteiger partial charge in [-0.3, -0.25) is 14.9 Å². The molecule has 2 heterocycles. The van der Waals surface area contributed by atoms with Gasteiger partial charge in [-0.1, -0.05) is 12.1 Å². The Morgan fingerprint density at radius 2 is 1.67 bits per heavy atom. The van der Waals surface area contributed by atoms with Crippen molar-refractivity contribution in [3.63, 3.8) is 0 Å². The molecule has 1 saturated heterocycles. The van der Waals surface area contributed by atoms with Crippen LogP contribution in [0.15, 0.2) is 58.5 Å². The van der Waals surface area contributed by atoms with Crippen LogP contribution in [-0.4, -0.2) is 28.9 Å². The number of urea groups is 1. The van der Waals surface area contributed by atoms with Crippen molar-refractivity contribution in [3.05, 3.63) is 82.1 Å². The number of amides is 4. The lowest BCUT2D eigenvalue weighted by molar-refractivity contribution is -0.122. The van der Waals surface area contributed by atoms with Crippen LogP contribution in [0.5, 0.6) is 0 Å². The molecule has 2 aromatic carbocycles. The topological polar surface area (TPSA) is 117 Å². The van der Waals surface area contributed by atoms with E-state index < -0.39 is 23.8 Å². The first-order valence-electron chi connectivity index (χ1n) is 10.1. The Hall–Kier alpha value is -4.46. The van der Waals surface area contributed by atoms with Crippen LogP contribution in [0.4, 0.5) is 10.5 Å². The molecule has 1 aliphatic heterocycles. The van der Waals surface area contributed by atoms with Crippen molar-refractivity contribution in [3.8, 4) is 11.3 Å². The predicted molar refractivity (Wildman–Crippen MR) is 121 cm³/mol. The quantitative estimate of drug-likeness (QED) is 0.459. The average Bonchev–Trinajstić information content (AvgIpc) is 3.18. The van der Waals surface area contributed by atoms with Crippen molar-refractivity contribution in [2.24, 2.45) is 0 Å². The van der Waals surface area contributed by atoms with Gasteiger partial charge in [0.15, 0.2) is 0 Å². The minimum Gasteiger partial charge on any atom is -0.478 e. The van der Waals surface area contributed by atoms with Gasteiger partial charge in [0.05, 0.1) is 11.3 Å². The summed E-state index contributed by atoms with van der Waals surface area (Å²) in [6.45, 7) is 5.45. The number of nitrogens with zero attached hydrogens (tertiary/aromatic N) is 1. The maximum atomic E-state index is 13.1. The molecule has 0 unspecified atom stereocenters. The highest BCUT2D eigenvalue weighted by Gasteiger charge is 2.37. The first kappa shape index (κ1) is 21.8. The number of anilines is 1. The number of carboxylic acid groups (broad SMARTS) is 1. The third-order valence-electron chi connectivity index (χ3n) is 5.22. The summed E-state index contributed by atoms with van der Waals surface area (Å²) in [5.74, 6) is -1.92. The zero-order valence-corrected chi connectivity index (χ0v) is 18.1. The zero-order valence-electron chi connectivity index (χ0n) is 18.1. The highest BCUT2D eigenvalue weighted by Crippen LogP contribution is 2.29. The molecule has 0 atom stereocenters. The smallest absolute Gasteiger partial charge is 0.335 e. The van der Waals surface area contributed by atoms with E-state index in [9.17, 15) is 19.2 Å². The van der Waals surface area contributed by atoms with Crippen molar-refractivity contribution in [1.29, 1.82) is 0 Å². The Balaban J connectivity index is 1.68. The van der Waals surface area contributed by atoms with Crippen molar-refractivity contribution in [2.45, 2.75) is 20.8 Å². The number of aromatic carboxylic acids is 1. The van der Waals surface area contributed by atoms with Gasteiger partial charge in [-0.25, -0.2) is 14.5 Å². The van der Waals surface area contributed by atoms with Gasteiger partial charge in [0.1, 0.15) is 17.1 Å². The second-order valence-electron chi connectivity index (χ2n) is 7.84. The summed E-state index contributed by atoms with van der Waals surface area (Å²) in [5.41, 5.74) is 3.39. The van der Waals surface area contributed by atoms with Gasteiger partial charge in [0, 0.05) is 5.56 Å². The second kappa shape index (κ2) is 8.23. The zero-order chi connectivity index (χ0) is 23.9. The third-order valence-corrected chi connectivity index (χ3v) is 5.22. The molecular weight excluding hydrogens is 424 g/mol. The molecule has 8 heteroatoms. The Morgan fingerprint density at radius 3 is 2.30 bits per heavy atom. The molecular formula is C25H20N2O6. The molecule has 2 N–H and O–H groups in total. The largest absolute Gasteiger partial charge is 0.478 e. The van der Waals surface area contributed by atoms with Crippen LogP contribution >= 0.6 is 0 Å². The number of hydrogen-bond donors (Lipinski definition) is 2. The molecule has 0 aliphatic carbocycles. The van der Waals surface area contributed by atoms with E-state index >= 15 is 0 Å². The summed E-state index contributed by atoms with van der Waals surface area (Å²) < 4.78 is 5.80. The molecule has 4 amide bonds. The number of rotatable bonds is 4.